The average molecular weight is 487 g/mol. The maximum atomic E-state index is 12.4. The molecule has 1 saturated heterocycles. The normalized spacial score (nSPS) is 15.5. The number of hydrogen-bond acceptors (Lipinski definition) is 8. The molecule has 1 aliphatic rings. The number of aryl methyl sites for hydroxylation is 1. The van der Waals surface area contributed by atoms with Crippen molar-refractivity contribution in [2.45, 2.75) is 57.1 Å². The molecule has 0 aliphatic carbocycles. The molecule has 34 heavy (non-hydrogen) atoms. The molecule has 1 aliphatic heterocycles. The van der Waals surface area contributed by atoms with E-state index in [0.29, 0.717) is 30.1 Å². The zero-order valence-corrected chi connectivity index (χ0v) is 20.9. The number of pyridine rings is 1. The van der Waals surface area contributed by atoms with E-state index >= 15 is 0 Å². The third kappa shape index (κ3) is 5.14. The molecule has 3 aromatic heterocycles. The van der Waals surface area contributed by atoms with E-state index in [1.165, 1.54) is 6.07 Å². The molecule has 0 bridgehead atoms. The van der Waals surface area contributed by atoms with Gasteiger partial charge in [0.15, 0.2) is 20.5 Å². The Labute approximate surface area is 199 Å². The van der Waals surface area contributed by atoms with E-state index in [1.54, 1.807) is 24.1 Å². The summed E-state index contributed by atoms with van der Waals surface area (Å²) in [5.41, 5.74) is 3.14. The van der Waals surface area contributed by atoms with Crippen molar-refractivity contribution in [1.29, 1.82) is 0 Å². The summed E-state index contributed by atoms with van der Waals surface area (Å²) in [7, 11) is -3.38. The minimum absolute atomic E-state index is 0.0382. The third-order valence-corrected chi connectivity index (χ3v) is 6.69. The average Bonchev–Trinajstić information content (AvgIpc) is 3.18. The molecular weight excluding hydrogens is 456 g/mol. The second-order valence-electron chi connectivity index (χ2n) is 9.58. The molecule has 0 atom stereocenters. The maximum Gasteiger partial charge on any atom is 0.410 e. The van der Waals surface area contributed by atoms with Crippen LogP contribution in [-0.2, 0) is 14.6 Å². The predicted molar refractivity (Wildman–Crippen MR) is 128 cm³/mol. The van der Waals surface area contributed by atoms with Crippen molar-refractivity contribution in [2.75, 3.05) is 24.7 Å². The highest BCUT2D eigenvalue weighted by atomic mass is 32.2. The van der Waals surface area contributed by atoms with Crippen LogP contribution in [0.2, 0.25) is 0 Å². The zero-order chi connectivity index (χ0) is 24.7. The standard InChI is InChI=1S/C23H30N6O4S/c1-15-17(6-7-20(26-15)34(5,31)32)27-18-8-11-25-29-19(14-24-21(18)29)16-9-12-28(13-10-16)22(30)33-23(2,3)4/h6-8,11,14,16,27H,9-10,12-13H2,1-5H3. The summed E-state index contributed by atoms with van der Waals surface area (Å²) in [6.45, 7) is 8.58. The van der Waals surface area contributed by atoms with Crippen molar-refractivity contribution < 1.29 is 17.9 Å². The second-order valence-corrected chi connectivity index (χ2v) is 11.5. The van der Waals surface area contributed by atoms with Crippen LogP contribution in [0.5, 0.6) is 0 Å². The first-order valence-corrected chi connectivity index (χ1v) is 13.1. The van der Waals surface area contributed by atoms with E-state index in [2.05, 4.69) is 20.4 Å². The first-order chi connectivity index (χ1) is 15.9. The Hall–Kier alpha value is -3.21. The molecule has 11 heteroatoms. The SMILES string of the molecule is Cc1nc(S(C)(=O)=O)ccc1Nc1ccnn2c(C3CCN(C(=O)OC(C)(C)C)CC3)cnc12. The van der Waals surface area contributed by atoms with Crippen LogP contribution in [0.4, 0.5) is 16.2 Å². The van der Waals surface area contributed by atoms with Crippen molar-refractivity contribution in [2.24, 2.45) is 0 Å². The van der Waals surface area contributed by atoms with Crippen LogP contribution in [-0.4, -0.2) is 63.9 Å². The molecule has 1 fully saturated rings. The van der Waals surface area contributed by atoms with Crippen LogP contribution >= 0.6 is 0 Å². The molecule has 0 unspecified atom stereocenters. The van der Waals surface area contributed by atoms with Crippen LogP contribution in [0.15, 0.2) is 35.6 Å². The summed E-state index contributed by atoms with van der Waals surface area (Å²) in [4.78, 5) is 22.9. The Morgan fingerprint density at radius 2 is 1.85 bits per heavy atom. The highest BCUT2D eigenvalue weighted by molar-refractivity contribution is 7.90. The smallest absolute Gasteiger partial charge is 0.410 e. The maximum absolute atomic E-state index is 12.4. The quantitative estimate of drug-likeness (QED) is 0.593. The number of piperidine rings is 1. The number of carbonyl (C=O) groups excluding carboxylic acids is 1. The lowest BCUT2D eigenvalue weighted by atomic mass is 9.94. The van der Waals surface area contributed by atoms with E-state index in [4.69, 9.17) is 4.74 Å². The van der Waals surface area contributed by atoms with Gasteiger partial charge in [-0.15, -0.1) is 0 Å². The molecule has 1 amide bonds. The fourth-order valence-electron chi connectivity index (χ4n) is 3.99. The Morgan fingerprint density at radius 1 is 1.15 bits per heavy atom. The van der Waals surface area contributed by atoms with E-state index in [0.717, 1.165) is 30.5 Å². The summed E-state index contributed by atoms with van der Waals surface area (Å²) >= 11 is 0. The van der Waals surface area contributed by atoms with E-state index in [-0.39, 0.29) is 17.0 Å². The molecule has 4 heterocycles. The number of amides is 1. The Bertz CT molecular complexity index is 1320. The first kappa shape index (κ1) is 23.9. The van der Waals surface area contributed by atoms with Gasteiger partial charge in [-0.2, -0.15) is 5.10 Å². The number of hydrogen-bond donors (Lipinski definition) is 1. The topological polar surface area (TPSA) is 119 Å². The molecule has 182 valence electrons. The van der Waals surface area contributed by atoms with Gasteiger partial charge < -0.3 is 15.0 Å². The number of nitrogens with one attached hydrogen (secondary N) is 1. The number of ether oxygens (including phenoxy) is 1. The lowest BCUT2D eigenvalue weighted by Gasteiger charge is -2.33. The Kier molecular flexibility index (Phi) is 6.24. The molecule has 0 radical (unpaired) electrons. The van der Waals surface area contributed by atoms with Gasteiger partial charge in [0, 0.05) is 25.3 Å². The van der Waals surface area contributed by atoms with Gasteiger partial charge >= 0.3 is 6.09 Å². The van der Waals surface area contributed by atoms with Crippen molar-refractivity contribution >= 4 is 33.0 Å². The Balaban J connectivity index is 1.51. The molecule has 0 aromatic carbocycles. The molecule has 3 aromatic rings. The molecule has 0 saturated carbocycles. The van der Waals surface area contributed by atoms with E-state index < -0.39 is 15.4 Å². The number of anilines is 2. The number of carbonyl (C=O) groups is 1. The number of fused-ring (bicyclic) bond motifs is 1. The van der Waals surface area contributed by atoms with Gasteiger partial charge in [-0.25, -0.2) is 27.7 Å². The summed E-state index contributed by atoms with van der Waals surface area (Å²) in [5, 5.41) is 7.85. The van der Waals surface area contributed by atoms with Gasteiger partial charge in [-0.05, 0) is 58.7 Å². The van der Waals surface area contributed by atoms with Gasteiger partial charge in [-0.3, -0.25) is 0 Å². The highest BCUT2D eigenvalue weighted by Crippen LogP contribution is 2.31. The molecule has 0 spiro atoms. The minimum Gasteiger partial charge on any atom is -0.444 e. The lowest BCUT2D eigenvalue weighted by Crippen LogP contribution is -2.41. The number of aromatic nitrogens is 4. The van der Waals surface area contributed by atoms with Crippen LogP contribution in [0, 0.1) is 6.92 Å². The summed E-state index contributed by atoms with van der Waals surface area (Å²) in [5.74, 6) is 0.217. The Morgan fingerprint density at radius 3 is 2.47 bits per heavy atom. The van der Waals surface area contributed by atoms with Crippen LogP contribution in [0.3, 0.4) is 0 Å². The lowest BCUT2D eigenvalue weighted by molar-refractivity contribution is 0.0203. The van der Waals surface area contributed by atoms with Crippen LogP contribution in [0.1, 0.15) is 50.9 Å². The number of rotatable bonds is 4. The van der Waals surface area contributed by atoms with E-state index in [1.807, 2.05) is 37.5 Å². The monoisotopic (exact) mass is 486 g/mol. The van der Waals surface area contributed by atoms with Crippen molar-refractivity contribution in [3.63, 3.8) is 0 Å². The van der Waals surface area contributed by atoms with Crippen molar-refractivity contribution in [3.8, 4) is 0 Å². The van der Waals surface area contributed by atoms with Crippen molar-refractivity contribution in [1.82, 2.24) is 24.5 Å². The molecule has 1 N–H and O–H groups in total. The minimum atomic E-state index is -3.38. The largest absolute Gasteiger partial charge is 0.444 e. The second kappa shape index (κ2) is 8.86. The highest BCUT2D eigenvalue weighted by Gasteiger charge is 2.29. The van der Waals surface area contributed by atoms with Crippen LogP contribution in [0.25, 0.3) is 5.65 Å². The number of nitrogens with zero attached hydrogens (tertiary/aromatic N) is 5. The summed E-state index contributed by atoms with van der Waals surface area (Å²) in [6.07, 6.45) is 5.98. The molecule has 4 rings (SSSR count). The fraction of sp³-hybridized carbons (Fsp3) is 0.478. The summed E-state index contributed by atoms with van der Waals surface area (Å²) in [6, 6.07) is 5.01. The third-order valence-electron chi connectivity index (χ3n) is 5.70. The number of sulfone groups is 1. The molecule has 10 nitrogen and oxygen atoms in total. The summed E-state index contributed by atoms with van der Waals surface area (Å²) < 4.78 is 30.9. The van der Waals surface area contributed by atoms with Crippen LogP contribution < -0.4 is 5.32 Å². The van der Waals surface area contributed by atoms with Crippen molar-refractivity contribution in [3.05, 3.63) is 42.0 Å². The first-order valence-electron chi connectivity index (χ1n) is 11.2. The number of imidazole rings is 1. The zero-order valence-electron chi connectivity index (χ0n) is 20.1. The number of likely N-dealkylation sites (tertiary alicyclic amines) is 1. The fourth-order valence-corrected chi connectivity index (χ4v) is 4.61. The van der Waals surface area contributed by atoms with Gasteiger partial charge in [-0.1, -0.05) is 0 Å². The molecular formula is C23H30N6O4S. The predicted octanol–water partition coefficient (Wildman–Crippen LogP) is 3.69. The van der Waals surface area contributed by atoms with Gasteiger partial charge in [0.05, 0.1) is 35.2 Å². The van der Waals surface area contributed by atoms with Gasteiger partial charge in [0.1, 0.15) is 5.60 Å². The van der Waals surface area contributed by atoms with Gasteiger partial charge in [0.25, 0.3) is 0 Å². The van der Waals surface area contributed by atoms with E-state index in [9.17, 15) is 13.2 Å². The van der Waals surface area contributed by atoms with Gasteiger partial charge in [0.2, 0.25) is 0 Å².